The largest absolute Gasteiger partial charge is 0.480 e. The van der Waals surface area contributed by atoms with Gasteiger partial charge in [0, 0.05) is 18.4 Å². The molecule has 7 heteroatoms. The Morgan fingerprint density at radius 3 is 2.62 bits per heavy atom. The lowest BCUT2D eigenvalue weighted by Crippen LogP contribution is -2.45. The number of nitrogens with zero attached hydrogens (tertiary/aromatic N) is 1. The lowest BCUT2D eigenvalue weighted by molar-refractivity contribution is -0.143. The van der Waals surface area contributed by atoms with Crippen LogP contribution >= 0.6 is 0 Å². The number of carboxylic acid groups (broad SMARTS) is 1. The third kappa shape index (κ3) is 4.84. The van der Waals surface area contributed by atoms with E-state index < -0.39 is 41.9 Å². The Kier molecular flexibility index (Phi) is 5.79. The van der Waals surface area contributed by atoms with Crippen LogP contribution in [0.1, 0.15) is 18.9 Å². The van der Waals surface area contributed by atoms with Crippen molar-refractivity contribution in [1.29, 1.82) is 5.26 Å². The number of benzene rings is 1. The lowest BCUT2D eigenvalue weighted by Gasteiger charge is -2.19. The number of hydrogen-bond acceptors (Lipinski definition) is 3. The molecule has 1 rings (SSSR count). The van der Waals surface area contributed by atoms with E-state index in [4.69, 9.17) is 10.4 Å². The van der Waals surface area contributed by atoms with Crippen molar-refractivity contribution >= 4 is 11.9 Å². The molecule has 0 saturated carbocycles. The molecule has 0 bridgehead atoms. The number of rotatable bonds is 6. The second-order valence-corrected chi connectivity index (χ2v) is 4.64. The van der Waals surface area contributed by atoms with Gasteiger partial charge in [0.15, 0.2) is 0 Å². The molecule has 0 fully saturated rings. The molecule has 0 aromatic heterocycles. The number of halogens is 2. The molecule has 1 aromatic carbocycles. The third-order valence-electron chi connectivity index (χ3n) is 2.93. The van der Waals surface area contributed by atoms with Crippen LogP contribution in [0.25, 0.3) is 0 Å². The van der Waals surface area contributed by atoms with Crippen LogP contribution in [0, 0.1) is 28.9 Å². The average molecular weight is 296 g/mol. The van der Waals surface area contributed by atoms with Crippen molar-refractivity contribution in [2.75, 3.05) is 0 Å². The number of amides is 1. The quantitative estimate of drug-likeness (QED) is 0.834. The molecule has 112 valence electrons. The minimum absolute atomic E-state index is 0.0361. The molecule has 5 nitrogen and oxygen atoms in total. The molecular formula is C14H14F2N2O3. The van der Waals surface area contributed by atoms with Crippen molar-refractivity contribution in [3.63, 3.8) is 0 Å². The maximum Gasteiger partial charge on any atom is 0.326 e. The Hall–Kier alpha value is -2.49. The maximum atomic E-state index is 13.4. The van der Waals surface area contributed by atoms with Crippen LogP contribution in [0.5, 0.6) is 0 Å². The van der Waals surface area contributed by atoms with E-state index in [2.05, 4.69) is 5.32 Å². The van der Waals surface area contributed by atoms with Crippen LogP contribution in [0.4, 0.5) is 8.78 Å². The average Bonchev–Trinajstić information content (AvgIpc) is 2.39. The van der Waals surface area contributed by atoms with E-state index in [-0.39, 0.29) is 12.0 Å². The summed E-state index contributed by atoms with van der Waals surface area (Å²) in [4.78, 5) is 22.8. The number of nitrogens with one attached hydrogen (secondary N) is 1. The molecule has 2 atom stereocenters. The number of carbonyl (C=O) groups excluding carboxylic acids is 1. The Morgan fingerprint density at radius 1 is 1.43 bits per heavy atom. The minimum atomic E-state index is -1.27. The van der Waals surface area contributed by atoms with Crippen LogP contribution in [0.2, 0.25) is 0 Å². The highest BCUT2D eigenvalue weighted by Gasteiger charge is 2.26. The van der Waals surface area contributed by atoms with E-state index in [1.807, 2.05) is 6.07 Å². The van der Waals surface area contributed by atoms with Gasteiger partial charge in [-0.15, -0.1) is 0 Å². The Bertz CT molecular complexity index is 584. The highest BCUT2D eigenvalue weighted by molar-refractivity contribution is 5.85. The van der Waals surface area contributed by atoms with Gasteiger partial charge in [-0.25, -0.2) is 13.6 Å². The van der Waals surface area contributed by atoms with Crippen molar-refractivity contribution in [1.82, 2.24) is 5.32 Å². The van der Waals surface area contributed by atoms with Gasteiger partial charge in [0.1, 0.15) is 17.7 Å². The van der Waals surface area contributed by atoms with Gasteiger partial charge in [-0.05, 0) is 11.6 Å². The Balaban J connectivity index is 2.74. The summed E-state index contributed by atoms with van der Waals surface area (Å²) in [6, 6.07) is 3.37. The SMILES string of the molecule is C[C@H](CC#N)[C@H](NC(=O)Cc1ccc(F)cc1F)C(=O)O. The summed E-state index contributed by atoms with van der Waals surface area (Å²) < 4.78 is 26.1. The van der Waals surface area contributed by atoms with Crippen LogP contribution < -0.4 is 5.32 Å². The zero-order valence-electron chi connectivity index (χ0n) is 11.3. The molecule has 1 aromatic rings. The summed E-state index contributed by atoms with van der Waals surface area (Å²) in [5.41, 5.74) is -0.0361. The molecule has 0 aliphatic carbocycles. The van der Waals surface area contributed by atoms with Gasteiger partial charge in [0.25, 0.3) is 0 Å². The van der Waals surface area contributed by atoms with Crippen LogP contribution in [0.15, 0.2) is 18.2 Å². The van der Waals surface area contributed by atoms with Gasteiger partial charge in [-0.1, -0.05) is 13.0 Å². The van der Waals surface area contributed by atoms with Gasteiger partial charge < -0.3 is 10.4 Å². The molecule has 0 spiro atoms. The topological polar surface area (TPSA) is 90.2 Å². The number of nitriles is 1. The van der Waals surface area contributed by atoms with E-state index >= 15 is 0 Å². The molecule has 0 unspecified atom stereocenters. The standard InChI is InChI=1S/C14H14F2N2O3/c1-8(4-5-17)13(14(20)21)18-12(19)6-9-2-3-10(15)7-11(9)16/h2-3,7-8,13H,4,6H2,1H3,(H,18,19)(H,20,21)/t8-,13+/m1/s1. The molecule has 0 aliphatic rings. The summed E-state index contributed by atoms with van der Waals surface area (Å²) in [5, 5.41) is 19.8. The number of carboxylic acids is 1. The summed E-state index contributed by atoms with van der Waals surface area (Å²) in [6.07, 6.45) is -0.447. The fourth-order valence-electron chi connectivity index (χ4n) is 1.77. The highest BCUT2D eigenvalue weighted by Crippen LogP contribution is 2.12. The fraction of sp³-hybridized carbons (Fsp3) is 0.357. The van der Waals surface area contributed by atoms with Crippen molar-refractivity contribution in [2.45, 2.75) is 25.8 Å². The molecule has 21 heavy (non-hydrogen) atoms. The Morgan fingerprint density at radius 2 is 2.10 bits per heavy atom. The Labute approximate surface area is 120 Å². The van der Waals surface area contributed by atoms with Crippen molar-refractivity contribution in [3.05, 3.63) is 35.4 Å². The molecule has 1 amide bonds. The number of aliphatic carboxylic acids is 1. The zero-order valence-corrected chi connectivity index (χ0v) is 11.3. The second-order valence-electron chi connectivity index (χ2n) is 4.64. The minimum Gasteiger partial charge on any atom is -0.480 e. The first-order chi connectivity index (χ1) is 9.85. The number of hydrogen-bond donors (Lipinski definition) is 2. The van der Waals surface area contributed by atoms with E-state index in [0.717, 1.165) is 12.1 Å². The van der Waals surface area contributed by atoms with E-state index in [0.29, 0.717) is 6.07 Å². The second kappa shape index (κ2) is 7.33. The lowest BCUT2D eigenvalue weighted by atomic mass is 9.98. The summed E-state index contributed by atoms with van der Waals surface area (Å²) in [5.74, 6) is -4.21. The predicted octanol–water partition coefficient (Wildman–Crippen LogP) is 1.63. The third-order valence-corrected chi connectivity index (χ3v) is 2.93. The first-order valence-corrected chi connectivity index (χ1v) is 6.18. The van der Waals surface area contributed by atoms with Crippen molar-refractivity contribution in [2.24, 2.45) is 5.92 Å². The van der Waals surface area contributed by atoms with Gasteiger partial charge >= 0.3 is 5.97 Å². The van der Waals surface area contributed by atoms with E-state index in [1.54, 1.807) is 0 Å². The normalized spacial score (nSPS) is 13.0. The molecule has 0 aliphatic heterocycles. The van der Waals surface area contributed by atoms with Crippen LogP contribution in [-0.2, 0) is 16.0 Å². The predicted molar refractivity (Wildman–Crippen MR) is 69.0 cm³/mol. The molecule has 0 heterocycles. The van der Waals surface area contributed by atoms with Gasteiger partial charge in [-0.3, -0.25) is 4.79 Å². The fourth-order valence-corrected chi connectivity index (χ4v) is 1.77. The van der Waals surface area contributed by atoms with Crippen LogP contribution in [-0.4, -0.2) is 23.0 Å². The highest BCUT2D eigenvalue weighted by atomic mass is 19.1. The first kappa shape index (κ1) is 16.6. The molecule has 2 N–H and O–H groups in total. The van der Waals surface area contributed by atoms with Crippen molar-refractivity contribution < 1.29 is 23.5 Å². The van der Waals surface area contributed by atoms with E-state index in [1.165, 1.54) is 6.92 Å². The molecule has 0 radical (unpaired) electrons. The van der Waals surface area contributed by atoms with Gasteiger partial charge in [-0.2, -0.15) is 5.26 Å². The zero-order chi connectivity index (χ0) is 16.0. The summed E-state index contributed by atoms with van der Waals surface area (Å²) >= 11 is 0. The van der Waals surface area contributed by atoms with E-state index in [9.17, 15) is 18.4 Å². The maximum absolute atomic E-state index is 13.4. The summed E-state index contributed by atoms with van der Waals surface area (Å²) in [6.45, 7) is 1.51. The van der Waals surface area contributed by atoms with Gasteiger partial charge in [0.2, 0.25) is 5.91 Å². The summed E-state index contributed by atoms with van der Waals surface area (Å²) in [7, 11) is 0. The first-order valence-electron chi connectivity index (χ1n) is 6.18. The van der Waals surface area contributed by atoms with Gasteiger partial charge in [0.05, 0.1) is 12.5 Å². The number of carbonyl (C=O) groups is 2. The van der Waals surface area contributed by atoms with Crippen LogP contribution in [0.3, 0.4) is 0 Å². The molecular weight excluding hydrogens is 282 g/mol. The monoisotopic (exact) mass is 296 g/mol. The molecule has 0 saturated heterocycles. The van der Waals surface area contributed by atoms with Crippen molar-refractivity contribution in [3.8, 4) is 6.07 Å². The smallest absolute Gasteiger partial charge is 0.326 e.